The predicted octanol–water partition coefficient (Wildman–Crippen LogP) is 16.0. The summed E-state index contributed by atoms with van der Waals surface area (Å²) in [5.41, 5.74) is 5.49. The van der Waals surface area contributed by atoms with E-state index < -0.39 is 43.2 Å². The monoisotopic (exact) mass is 1720 g/mol. The molecule has 0 saturated heterocycles. The molecule has 95 heavy (non-hydrogen) atoms. The number of pyridine rings is 7. The van der Waals surface area contributed by atoms with Crippen molar-refractivity contribution in [2.24, 2.45) is 0 Å². The number of halogens is 17. The topological polar surface area (TPSA) is 298 Å². The Bertz CT molecular complexity index is 4010. The zero-order chi connectivity index (χ0) is 70.7. The summed E-state index contributed by atoms with van der Waals surface area (Å²) in [5, 5.41) is 31.8. The van der Waals surface area contributed by atoms with Gasteiger partial charge in [0.25, 0.3) is 25.7 Å². The molecule has 40 heteroatoms. The van der Waals surface area contributed by atoms with Crippen molar-refractivity contribution in [3.05, 3.63) is 211 Å². The van der Waals surface area contributed by atoms with E-state index in [-0.39, 0.29) is 79.4 Å². The van der Waals surface area contributed by atoms with Crippen LogP contribution in [0, 0.1) is 0 Å². The van der Waals surface area contributed by atoms with Gasteiger partial charge in [0.05, 0.1) is 103 Å². The molecule has 0 aliphatic carbocycles. The Hall–Kier alpha value is -7.16. The molecule has 0 unspecified atom stereocenters. The van der Waals surface area contributed by atoms with E-state index in [1.807, 2.05) is 0 Å². The van der Waals surface area contributed by atoms with E-state index >= 15 is 0 Å². The highest BCUT2D eigenvalue weighted by Crippen LogP contribution is 2.30. The van der Waals surface area contributed by atoms with Crippen molar-refractivity contribution < 1.29 is 64.1 Å². The van der Waals surface area contributed by atoms with Gasteiger partial charge < -0.3 is 20.3 Å². The van der Waals surface area contributed by atoms with Crippen molar-refractivity contribution in [2.45, 2.75) is 65.1 Å². The maximum atomic E-state index is 13.2. The molecule has 0 aromatic carbocycles. The Morgan fingerprint density at radius 2 is 0.905 bits per heavy atom. The third-order valence-corrected chi connectivity index (χ3v) is 13.8. The van der Waals surface area contributed by atoms with Crippen LogP contribution in [0.15, 0.2) is 145 Å². The lowest BCUT2D eigenvalue weighted by Crippen LogP contribution is -2.25. The summed E-state index contributed by atoms with van der Waals surface area (Å²) in [6.45, 7) is 5.13. The Balaban J connectivity index is 0.000000240. The standard InChI is InChI=1S/C14H16F2N4O2.C8H5BrF2N4.C8H7F2N5.C7H5BrClNO2.C6H3BrClF2N.C6H5BrClNO.C6H3BrClNO/c1-14(2,3)22-11(21)7-9-6-10(12(15)16)13(17-8-9)20-18-4-5-19-20;9-5-3-6(7(10)11)8(12-4-5)15-13-1-2-14-15;9-7(10)6-3-5(11)4-12-8(6)15-13-1-2-14-15;1-12-7(11)5-2-4(8)3-10-6(5)9;7-3-1-4(6(9)10)5(8)11-2-3;2*7-5-1-4(3-10)6(8)9-2-5/h4-6,8,12H,7H2,1-3H3;1-4,7H;1-4,7H,11H2;2-3H,1H3;1-2,6H;1-2,10H,3H2;1-3H. The molecule has 0 aliphatic rings. The van der Waals surface area contributed by atoms with Crippen molar-refractivity contribution in [1.82, 2.24) is 79.9 Å². The van der Waals surface area contributed by atoms with Gasteiger partial charge in [0.1, 0.15) is 26.2 Å². The van der Waals surface area contributed by atoms with Gasteiger partial charge in [-0.25, -0.2) is 74.8 Å². The molecule has 10 aromatic heterocycles. The SMILES string of the molecule is CC(C)(C)OC(=O)Cc1cnc(-n2nccn2)c(C(F)F)c1.COC(=O)c1cc(Br)cnc1Cl.FC(F)c1cc(Br)cnc1-n1nccn1.FC(F)c1cc(Br)cnc1Cl.Nc1cnc(-n2nccn2)c(C(F)F)c1.O=Cc1cc(Br)cnc1Cl.OCc1cc(Br)cnc1Cl. The fourth-order valence-electron chi connectivity index (χ4n) is 6.42. The van der Waals surface area contributed by atoms with E-state index in [9.17, 15) is 49.5 Å². The van der Waals surface area contributed by atoms with Crippen molar-refractivity contribution >= 4 is 150 Å². The van der Waals surface area contributed by atoms with E-state index in [1.165, 1.54) is 99.7 Å². The largest absolute Gasteiger partial charge is 0.465 e. The molecule has 0 radical (unpaired) electrons. The number of anilines is 1. The molecule has 0 bridgehead atoms. The van der Waals surface area contributed by atoms with Crippen LogP contribution in [0.5, 0.6) is 0 Å². The number of nitrogens with two attached hydrogens (primary N) is 1. The van der Waals surface area contributed by atoms with Gasteiger partial charge in [0, 0.05) is 65.1 Å². The molecule has 504 valence electrons. The third kappa shape index (κ3) is 27.1. The lowest BCUT2D eigenvalue weighted by Gasteiger charge is -2.19. The smallest absolute Gasteiger partial charge is 0.341 e. The van der Waals surface area contributed by atoms with Crippen LogP contribution in [0.1, 0.15) is 101 Å². The molecule has 10 aromatic rings. The van der Waals surface area contributed by atoms with Crippen LogP contribution < -0.4 is 5.73 Å². The van der Waals surface area contributed by atoms with E-state index in [0.29, 0.717) is 41.5 Å². The van der Waals surface area contributed by atoms with Gasteiger partial charge in [-0.2, -0.15) is 30.6 Å². The van der Waals surface area contributed by atoms with Gasteiger partial charge >= 0.3 is 11.9 Å². The minimum absolute atomic E-state index is 0.01000. The summed E-state index contributed by atoms with van der Waals surface area (Å²) >= 11 is 37.8. The number of carbonyl (C=O) groups is 3. The molecule has 0 saturated carbocycles. The highest BCUT2D eigenvalue weighted by atomic mass is 79.9. The fourth-order valence-corrected chi connectivity index (χ4v) is 8.86. The average molecular weight is 1730 g/mol. The normalized spacial score (nSPS) is 10.6. The van der Waals surface area contributed by atoms with Gasteiger partial charge in [0.15, 0.2) is 23.7 Å². The van der Waals surface area contributed by atoms with Gasteiger partial charge in [-0.1, -0.05) is 46.4 Å². The number of ether oxygens (including phenoxy) is 2. The van der Waals surface area contributed by atoms with Crippen LogP contribution in [-0.2, 0) is 27.3 Å². The van der Waals surface area contributed by atoms with Crippen LogP contribution in [0.25, 0.3) is 17.5 Å². The van der Waals surface area contributed by atoms with Crippen LogP contribution >= 0.6 is 126 Å². The Kier molecular flexibility index (Phi) is 33.6. The number of aromatic nitrogens is 16. The highest BCUT2D eigenvalue weighted by molar-refractivity contribution is 9.11. The number of hydrogen-bond donors (Lipinski definition) is 2. The quantitative estimate of drug-likeness (QED) is 0.0497. The Labute approximate surface area is 595 Å². The van der Waals surface area contributed by atoms with Gasteiger partial charge in [-0.05, 0) is 148 Å². The summed E-state index contributed by atoms with van der Waals surface area (Å²) < 4.78 is 114. The number of aliphatic hydroxyl groups excluding tert-OH is 1. The fraction of sp³-hybridized carbons (Fsp3) is 0.200. The number of methoxy groups -OCH3 is 1. The minimum atomic E-state index is -2.76. The Morgan fingerprint density at radius 3 is 1.33 bits per heavy atom. The van der Waals surface area contributed by atoms with Crippen molar-refractivity contribution in [2.75, 3.05) is 12.8 Å². The summed E-state index contributed by atoms with van der Waals surface area (Å²) in [5.74, 6) is -1.02. The first-order valence-corrected chi connectivity index (χ1v) is 31.1. The van der Waals surface area contributed by atoms with Crippen molar-refractivity contribution in [1.29, 1.82) is 0 Å². The molecule has 3 N–H and O–H groups in total. The summed E-state index contributed by atoms with van der Waals surface area (Å²) in [7, 11) is 1.29. The second kappa shape index (κ2) is 39.8. The number of nitrogen functional groups attached to an aromatic ring is 1. The van der Waals surface area contributed by atoms with E-state index in [1.54, 1.807) is 45.2 Å². The molecule has 0 amide bonds. The second-order valence-electron chi connectivity index (χ2n) is 18.4. The molecule has 0 aliphatic heterocycles. The maximum absolute atomic E-state index is 13.2. The predicted molar refractivity (Wildman–Crippen MR) is 349 cm³/mol. The number of aliphatic hydroxyl groups is 1. The second-order valence-corrected chi connectivity index (χ2v) is 24.4. The highest BCUT2D eigenvalue weighted by Gasteiger charge is 2.23. The van der Waals surface area contributed by atoms with Gasteiger partial charge in [-0.3, -0.25) is 9.59 Å². The number of hydrogen-bond acceptors (Lipinski definition) is 20. The first-order valence-electron chi connectivity index (χ1n) is 25.6. The number of rotatable bonds is 12. The maximum Gasteiger partial charge on any atom is 0.341 e. The molecule has 23 nitrogen and oxygen atoms in total. The van der Waals surface area contributed by atoms with Gasteiger partial charge in [-0.15, -0.1) is 14.4 Å². The average Bonchev–Trinajstić information content (AvgIpc) is 1.84. The van der Waals surface area contributed by atoms with Crippen molar-refractivity contribution in [3.63, 3.8) is 0 Å². The molecule has 0 atom stereocenters. The first kappa shape index (κ1) is 80.3. The third-order valence-electron chi connectivity index (χ3n) is 10.3. The summed E-state index contributed by atoms with van der Waals surface area (Å²) in [6, 6.07) is 9.84. The van der Waals surface area contributed by atoms with Crippen molar-refractivity contribution in [3.8, 4) is 17.5 Å². The summed E-state index contributed by atoms with van der Waals surface area (Å²) in [6.07, 6.45) is 8.27. The molecular formula is C55H44Br5Cl4F8N17O6. The molecule has 0 spiro atoms. The van der Waals surface area contributed by atoms with Gasteiger partial charge in [0.2, 0.25) is 0 Å². The lowest BCUT2D eigenvalue weighted by molar-refractivity contribution is -0.153. The van der Waals surface area contributed by atoms with E-state index in [0.717, 1.165) is 29.4 Å². The molecular weight excluding hydrogens is 1690 g/mol. The first-order chi connectivity index (χ1) is 44.9. The zero-order valence-corrected chi connectivity index (χ0v) is 59.4. The molecule has 10 heterocycles. The zero-order valence-electron chi connectivity index (χ0n) is 48.5. The molecule has 0 fully saturated rings. The van der Waals surface area contributed by atoms with Crippen LogP contribution in [0.4, 0.5) is 40.8 Å². The molecule has 10 rings (SSSR count). The number of aldehydes is 1. The summed E-state index contributed by atoms with van der Waals surface area (Å²) in [4.78, 5) is 62.5. The number of esters is 2. The minimum Gasteiger partial charge on any atom is -0.465 e. The Morgan fingerprint density at radius 1 is 0.526 bits per heavy atom. The van der Waals surface area contributed by atoms with Crippen LogP contribution in [-0.4, -0.2) is 116 Å². The van der Waals surface area contributed by atoms with Crippen LogP contribution in [0.3, 0.4) is 0 Å². The van der Waals surface area contributed by atoms with E-state index in [2.05, 4.69) is 150 Å². The number of alkyl halides is 8. The van der Waals surface area contributed by atoms with Crippen LogP contribution in [0.2, 0.25) is 20.6 Å². The van der Waals surface area contributed by atoms with E-state index in [4.69, 9.17) is 62.0 Å². The number of carbonyl (C=O) groups excluding carboxylic acids is 3. The number of nitrogens with zero attached hydrogens (tertiary/aromatic N) is 16. The lowest BCUT2D eigenvalue weighted by atomic mass is 10.1.